The maximum atomic E-state index is 11.0. The third-order valence-corrected chi connectivity index (χ3v) is 2.21. The van der Waals surface area contributed by atoms with Crippen molar-refractivity contribution < 1.29 is 9.53 Å². The van der Waals surface area contributed by atoms with Gasteiger partial charge in [-0.05, 0) is 18.1 Å². The van der Waals surface area contributed by atoms with Gasteiger partial charge in [0.15, 0.2) is 6.07 Å². The van der Waals surface area contributed by atoms with E-state index in [1.54, 1.807) is 18.2 Å². The van der Waals surface area contributed by atoms with Gasteiger partial charge in [0.2, 0.25) is 0 Å². The monoisotopic (exact) mass is 191 g/mol. The molecule has 0 aliphatic rings. The van der Waals surface area contributed by atoms with Crippen LogP contribution in [0.3, 0.4) is 0 Å². The molecule has 0 bridgehead atoms. The van der Waals surface area contributed by atoms with Gasteiger partial charge < -0.3 is 4.74 Å². The molecule has 0 fully saturated rings. The van der Waals surface area contributed by atoms with Gasteiger partial charge in [-0.2, -0.15) is 5.26 Å². The van der Waals surface area contributed by atoms with E-state index in [1.807, 2.05) is 0 Å². The van der Waals surface area contributed by atoms with Gasteiger partial charge in [0.1, 0.15) is 4.88 Å². The highest BCUT2D eigenvalue weighted by atomic mass is 32.1. The van der Waals surface area contributed by atoms with E-state index in [2.05, 4.69) is 16.6 Å². The number of hydrogen-bond donors (Lipinski definition) is 0. The summed E-state index contributed by atoms with van der Waals surface area (Å²) >= 11 is 1.21. The molecule has 0 N–H and O–H groups in total. The second-order valence-corrected chi connectivity index (χ2v) is 3.10. The standard InChI is InChI=1S/C9H5NO2S/c1-12-9(11)8-5-4-7(13-8)3-2-6-10/h4-5H,1H3. The average molecular weight is 191 g/mol. The lowest BCUT2D eigenvalue weighted by Crippen LogP contribution is -1.96. The van der Waals surface area contributed by atoms with Crippen LogP contribution >= 0.6 is 11.3 Å². The fraction of sp³-hybridized carbons (Fsp3) is 0.111. The van der Waals surface area contributed by atoms with Crippen LogP contribution in [0.15, 0.2) is 12.1 Å². The lowest BCUT2D eigenvalue weighted by molar-refractivity contribution is 0.0606. The molecule has 0 aromatic carbocycles. The fourth-order valence-electron chi connectivity index (χ4n) is 0.705. The summed E-state index contributed by atoms with van der Waals surface area (Å²) in [7, 11) is 1.32. The third-order valence-electron chi connectivity index (χ3n) is 1.23. The first kappa shape index (κ1) is 9.31. The molecule has 0 aliphatic carbocycles. The minimum absolute atomic E-state index is 0.380. The fourth-order valence-corrected chi connectivity index (χ4v) is 1.48. The molecule has 13 heavy (non-hydrogen) atoms. The van der Waals surface area contributed by atoms with Crippen LogP contribution in [0, 0.1) is 23.2 Å². The van der Waals surface area contributed by atoms with E-state index >= 15 is 0 Å². The van der Waals surface area contributed by atoms with Gasteiger partial charge in [-0.3, -0.25) is 0 Å². The predicted molar refractivity (Wildman–Crippen MR) is 48.1 cm³/mol. The number of ether oxygens (including phenoxy) is 1. The number of thiophene rings is 1. The number of hydrogen-bond acceptors (Lipinski definition) is 4. The first-order valence-corrected chi connectivity index (χ1v) is 4.18. The number of carbonyl (C=O) groups excluding carboxylic acids is 1. The van der Waals surface area contributed by atoms with E-state index in [1.165, 1.54) is 18.4 Å². The summed E-state index contributed by atoms with van der Waals surface area (Å²) in [6.07, 6.45) is 0. The number of carbonyl (C=O) groups is 1. The van der Waals surface area contributed by atoms with E-state index in [0.717, 1.165) is 0 Å². The lowest BCUT2D eigenvalue weighted by atomic mass is 10.4. The van der Waals surface area contributed by atoms with Crippen LogP contribution in [0.2, 0.25) is 0 Å². The van der Waals surface area contributed by atoms with Crippen LogP contribution in [-0.4, -0.2) is 13.1 Å². The van der Waals surface area contributed by atoms with E-state index in [-0.39, 0.29) is 5.97 Å². The smallest absolute Gasteiger partial charge is 0.348 e. The molecule has 4 heteroatoms. The Balaban J connectivity index is 2.88. The lowest BCUT2D eigenvalue weighted by Gasteiger charge is -1.90. The number of esters is 1. The van der Waals surface area contributed by atoms with Gasteiger partial charge in [-0.1, -0.05) is 0 Å². The van der Waals surface area contributed by atoms with Crippen molar-refractivity contribution in [2.45, 2.75) is 0 Å². The second kappa shape index (κ2) is 4.30. The van der Waals surface area contributed by atoms with Crippen LogP contribution in [-0.2, 0) is 4.74 Å². The Morgan fingerprint density at radius 1 is 1.62 bits per heavy atom. The molecule has 1 rings (SSSR count). The molecule has 64 valence electrons. The van der Waals surface area contributed by atoms with Crippen molar-refractivity contribution in [3.63, 3.8) is 0 Å². The quantitative estimate of drug-likeness (QED) is 0.498. The second-order valence-electron chi connectivity index (χ2n) is 2.02. The summed E-state index contributed by atoms with van der Waals surface area (Å²) in [6, 6.07) is 5.00. The van der Waals surface area contributed by atoms with E-state index in [0.29, 0.717) is 9.75 Å². The number of nitrogens with zero attached hydrogens (tertiary/aromatic N) is 1. The summed E-state index contributed by atoms with van der Waals surface area (Å²) in [5, 5.41) is 8.18. The predicted octanol–water partition coefficient (Wildman–Crippen LogP) is 1.41. The summed E-state index contributed by atoms with van der Waals surface area (Å²) in [5.41, 5.74) is 0. The van der Waals surface area contributed by atoms with Crippen molar-refractivity contribution in [1.29, 1.82) is 5.26 Å². The van der Waals surface area contributed by atoms with E-state index in [9.17, 15) is 4.79 Å². The first-order chi connectivity index (χ1) is 6.27. The maximum Gasteiger partial charge on any atom is 0.348 e. The zero-order valence-corrected chi connectivity index (χ0v) is 7.64. The molecule has 0 aliphatic heterocycles. The molecule has 0 spiro atoms. The van der Waals surface area contributed by atoms with Crippen LogP contribution in [0.25, 0.3) is 0 Å². The van der Waals surface area contributed by atoms with Crippen molar-refractivity contribution in [3.05, 3.63) is 21.9 Å². The summed E-state index contributed by atoms with van der Waals surface area (Å²) in [4.78, 5) is 12.1. The Labute approximate surface area is 79.6 Å². The summed E-state index contributed by atoms with van der Waals surface area (Å²) in [5.74, 6) is 4.46. The molecule has 1 aromatic heterocycles. The maximum absolute atomic E-state index is 11.0. The summed E-state index contributed by atoms with van der Waals surface area (Å²) < 4.78 is 4.51. The number of rotatable bonds is 1. The molecular weight excluding hydrogens is 186 g/mol. The van der Waals surface area contributed by atoms with Crippen LogP contribution < -0.4 is 0 Å². The Bertz CT molecular complexity index is 417. The van der Waals surface area contributed by atoms with Crippen LogP contribution in [0.5, 0.6) is 0 Å². The van der Waals surface area contributed by atoms with Gasteiger partial charge >= 0.3 is 5.97 Å². The molecule has 1 aromatic rings. The molecule has 0 saturated carbocycles. The molecule has 0 atom stereocenters. The van der Waals surface area contributed by atoms with Gasteiger partial charge in [0.05, 0.1) is 12.0 Å². The molecule has 0 saturated heterocycles. The van der Waals surface area contributed by atoms with Crippen LogP contribution in [0.4, 0.5) is 0 Å². The van der Waals surface area contributed by atoms with Crippen molar-refractivity contribution in [2.24, 2.45) is 0 Å². The third kappa shape index (κ3) is 2.33. The SMILES string of the molecule is COC(=O)c1ccc(C#CC#N)s1. The minimum Gasteiger partial charge on any atom is -0.465 e. The van der Waals surface area contributed by atoms with Gasteiger partial charge in [0.25, 0.3) is 0 Å². The van der Waals surface area contributed by atoms with Crippen molar-refractivity contribution >= 4 is 17.3 Å². The topological polar surface area (TPSA) is 50.1 Å². The highest BCUT2D eigenvalue weighted by Crippen LogP contribution is 2.15. The first-order valence-electron chi connectivity index (χ1n) is 3.36. The Hall–Kier alpha value is -1.78. The van der Waals surface area contributed by atoms with E-state index < -0.39 is 0 Å². The van der Waals surface area contributed by atoms with Gasteiger partial charge in [-0.25, -0.2) is 4.79 Å². The molecule has 0 unspecified atom stereocenters. The van der Waals surface area contributed by atoms with Crippen molar-refractivity contribution in [1.82, 2.24) is 0 Å². The largest absolute Gasteiger partial charge is 0.465 e. The average Bonchev–Trinajstić information content (AvgIpc) is 2.62. The molecular formula is C9H5NO2S. The van der Waals surface area contributed by atoms with E-state index in [4.69, 9.17) is 5.26 Å². The van der Waals surface area contributed by atoms with Gasteiger partial charge in [0, 0.05) is 5.92 Å². The highest BCUT2D eigenvalue weighted by Gasteiger charge is 2.07. The van der Waals surface area contributed by atoms with Crippen LogP contribution in [0.1, 0.15) is 14.5 Å². The Morgan fingerprint density at radius 2 is 2.38 bits per heavy atom. The van der Waals surface area contributed by atoms with Crippen molar-refractivity contribution in [3.8, 4) is 17.9 Å². The van der Waals surface area contributed by atoms with Gasteiger partial charge in [-0.15, -0.1) is 11.3 Å². The van der Waals surface area contributed by atoms with Crippen molar-refractivity contribution in [2.75, 3.05) is 7.11 Å². The highest BCUT2D eigenvalue weighted by molar-refractivity contribution is 7.14. The molecule has 3 nitrogen and oxygen atoms in total. The minimum atomic E-state index is -0.380. The summed E-state index contributed by atoms with van der Waals surface area (Å²) in [6.45, 7) is 0. The Kier molecular flexibility index (Phi) is 3.08. The molecule has 1 heterocycles. The normalized spacial score (nSPS) is 8.00. The molecule has 0 radical (unpaired) electrons. The zero-order valence-electron chi connectivity index (χ0n) is 6.83. The zero-order chi connectivity index (χ0) is 9.68. The molecule has 0 amide bonds. The Morgan fingerprint density at radius 3 is 3.00 bits per heavy atom. The number of nitriles is 1. The number of methoxy groups -OCH3 is 1.